The number of fused-ring (bicyclic) bond motifs is 1. The highest BCUT2D eigenvalue weighted by molar-refractivity contribution is 8.00. The smallest absolute Gasteiger partial charge is 0.241 e. The lowest BCUT2D eigenvalue weighted by molar-refractivity contribution is -0.116. The summed E-state index contributed by atoms with van der Waals surface area (Å²) < 4.78 is 0. The van der Waals surface area contributed by atoms with Crippen LogP contribution in [0.15, 0.2) is 23.1 Å². The van der Waals surface area contributed by atoms with Crippen LogP contribution in [0.5, 0.6) is 0 Å². The van der Waals surface area contributed by atoms with E-state index in [1.807, 2.05) is 16.7 Å². The summed E-state index contributed by atoms with van der Waals surface area (Å²) in [5, 5.41) is 0.418. The Bertz CT molecular complexity index is 435. The summed E-state index contributed by atoms with van der Waals surface area (Å²) >= 11 is 7.53. The van der Waals surface area contributed by atoms with E-state index in [1.54, 1.807) is 0 Å². The van der Waals surface area contributed by atoms with Crippen molar-refractivity contribution in [1.82, 2.24) is 0 Å². The van der Waals surface area contributed by atoms with Crippen molar-refractivity contribution in [2.45, 2.75) is 30.4 Å². The molecule has 1 amide bonds. The molecule has 0 radical (unpaired) electrons. The second kappa shape index (κ2) is 5.32. The predicted molar refractivity (Wildman–Crippen MR) is 74.2 cm³/mol. The maximum Gasteiger partial charge on any atom is 0.241 e. The van der Waals surface area contributed by atoms with E-state index in [-0.39, 0.29) is 11.8 Å². The number of anilines is 1. The molecule has 2 rings (SSSR count). The van der Waals surface area contributed by atoms with Crippen molar-refractivity contribution < 1.29 is 4.79 Å². The number of aryl methyl sites for hydroxylation is 1. The molecular weight excluding hydrogens is 254 g/mol. The van der Waals surface area contributed by atoms with Crippen LogP contribution in [0.25, 0.3) is 0 Å². The molecule has 1 aliphatic rings. The lowest BCUT2D eigenvalue weighted by Crippen LogP contribution is -2.39. The molecule has 1 aromatic rings. The van der Waals surface area contributed by atoms with Gasteiger partial charge in [-0.25, -0.2) is 0 Å². The minimum Gasteiger partial charge on any atom is -0.309 e. The van der Waals surface area contributed by atoms with E-state index in [4.69, 9.17) is 11.6 Å². The van der Waals surface area contributed by atoms with E-state index in [2.05, 4.69) is 32.0 Å². The van der Waals surface area contributed by atoms with Gasteiger partial charge in [-0.2, -0.15) is 0 Å². The van der Waals surface area contributed by atoms with Crippen molar-refractivity contribution in [2.75, 3.05) is 17.3 Å². The summed E-state index contributed by atoms with van der Waals surface area (Å²) in [5.74, 6) is 0.0514. The molecule has 92 valence electrons. The molecule has 0 fully saturated rings. The van der Waals surface area contributed by atoms with E-state index < -0.39 is 0 Å². The van der Waals surface area contributed by atoms with Crippen LogP contribution in [0.2, 0.25) is 0 Å². The molecule has 0 spiro atoms. The Balaban J connectivity index is 2.49. The summed E-state index contributed by atoms with van der Waals surface area (Å²) in [6.07, 6.45) is 0.935. The lowest BCUT2D eigenvalue weighted by Gasteiger charge is -2.34. The highest BCUT2D eigenvalue weighted by atomic mass is 35.5. The number of carbonyl (C=O) groups is 1. The Morgan fingerprint density at radius 2 is 2.35 bits per heavy atom. The standard InChI is InChI=1S/C13H16ClNOS/c1-3-10-5-4-6-11-13(10)15(12(16)7-14)8-9(2)17-11/h4-6,9H,3,7-8H2,1-2H3. The number of benzene rings is 1. The first-order valence-electron chi connectivity index (χ1n) is 5.82. The number of halogens is 1. The molecular formula is C13H16ClNOS. The fourth-order valence-corrected chi connectivity index (χ4v) is 3.47. The highest BCUT2D eigenvalue weighted by Crippen LogP contribution is 2.40. The van der Waals surface area contributed by atoms with E-state index >= 15 is 0 Å². The maximum absolute atomic E-state index is 11.9. The molecule has 17 heavy (non-hydrogen) atoms. The third-order valence-electron chi connectivity index (χ3n) is 2.92. The van der Waals surface area contributed by atoms with Gasteiger partial charge in [-0.15, -0.1) is 23.4 Å². The van der Waals surface area contributed by atoms with Crippen molar-refractivity contribution in [3.63, 3.8) is 0 Å². The molecule has 1 aromatic carbocycles. The molecule has 0 saturated carbocycles. The quantitative estimate of drug-likeness (QED) is 0.768. The number of amides is 1. The summed E-state index contributed by atoms with van der Waals surface area (Å²) in [7, 11) is 0. The predicted octanol–water partition coefficient (Wildman–Crippen LogP) is 3.32. The van der Waals surface area contributed by atoms with Crippen molar-refractivity contribution in [3.8, 4) is 0 Å². The molecule has 1 unspecified atom stereocenters. The molecule has 0 saturated heterocycles. The molecule has 0 aromatic heterocycles. The largest absolute Gasteiger partial charge is 0.309 e. The number of hydrogen-bond acceptors (Lipinski definition) is 2. The van der Waals surface area contributed by atoms with E-state index in [9.17, 15) is 4.79 Å². The Hall–Kier alpha value is -0.670. The van der Waals surface area contributed by atoms with Gasteiger partial charge in [-0.05, 0) is 18.1 Å². The van der Waals surface area contributed by atoms with E-state index in [1.165, 1.54) is 10.5 Å². The number of carbonyl (C=O) groups excluding carboxylic acids is 1. The van der Waals surface area contributed by atoms with Gasteiger partial charge in [-0.3, -0.25) is 4.79 Å². The van der Waals surface area contributed by atoms with Gasteiger partial charge in [0.1, 0.15) is 5.88 Å². The maximum atomic E-state index is 11.9. The summed E-state index contributed by atoms with van der Waals surface area (Å²) in [4.78, 5) is 15.0. The highest BCUT2D eigenvalue weighted by Gasteiger charge is 2.28. The van der Waals surface area contributed by atoms with Crippen LogP contribution in [-0.2, 0) is 11.2 Å². The average molecular weight is 270 g/mol. The topological polar surface area (TPSA) is 20.3 Å². The molecule has 0 bridgehead atoms. The van der Waals surface area contributed by atoms with Crippen molar-refractivity contribution in [3.05, 3.63) is 23.8 Å². The van der Waals surface area contributed by atoms with Crippen LogP contribution in [0, 0.1) is 0 Å². The van der Waals surface area contributed by atoms with Crippen LogP contribution >= 0.6 is 23.4 Å². The molecule has 1 aliphatic heterocycles. The monoisotopic (exact) mass is 269 g/mol. The SMILES string of the molecule is CCc1cccc2c1N(C(=O)CCl)CC(C)S2. The normalized spacial score (nSPS) is 19.0. The van der Waals surface area contributed by atoms with Crippen molar-refractivity contribution >= 4 is 35.0 Å². The zero-order valence-electron chi connectivity index (χ0n) is 10.1. The first-order chi connectivity index (χ1) is 8.17. The second-order valence-corrected chi connectivity index (χ2v) is 5.93. The Labute approximate surface area is 111 Å². The molecule has 1 heterocycles. The molecule has 2 nitrogen and oxygen atoms in total. The number of alkyl halides is 1. The first kappa shape index (κ1) is 12.8. The number of nitrogens with zero attached hydrogens (tertiary/aromatic N) is 1. The molecule has 1 atom stereocenters. The van der Waals surface area contributed by atoms with Gasteiger partial charge in [0, 0.05) is 16.7 Å². The van der Waals surface area contributed by atoms with Crippen LogP contribution in [0.4, 0.5) is 5.69 Å². The Morgan fingerprint density at radius 3 is 3.00 bits per heavy atom. The van der Waals surface area contributed by atoms with E-state index in [0.717, 1.165) is 18.7 Å². The van der Waals surface area contributed by atoms with Crippen LogP contribution in [0.1, 0.15) is 19.4 Å². The average Bonchev–Trinajstić information content (AvgIpc) is 2.35. The summed E-state index contributed by atoms with van der Waals surface area (Å²) in [6, 6.07) is 6.24. The van der Waals surface area contributed by atoms with Gasteiger partial charge in [0.05, 0.1) is 5.69 Å². The molecule has 4 heteroatoms. The summed E-state index contributed by atoms with van der Waals surface area (Å²) in [6.45, 7) is 5.00. The number of thioether (sulfide) groups is 1. The lowest BCUT2D eigenvalue weighted by atomic mass is 10.1. The van der Waals surface area contributed by atoms with Crippen LogP contribution < -0.4 is 4.90 Å². The molecule has 0 aliphatic carbocycles. The number of hydrogen-bond donors (Lipinski definition) is 0. The van der Waals surface area contributed by atoms with Crippen molar-refractivity contribution in [1.29, 1.82) is 0 Å². The van der Waals surface area contributed by atoms with Crippen LogP contribution in [-0.4, -0.2) is 23.6 Å². The zero-order chi connectivity index (χ0) is 12.4. The van der Waals surface area contributed by atoms with Crippen LogP contribution in [0.3, 0.4) is 0 Å². The minimum absolute atomic E-state index is 0.000895. The first-order valence-corrected chi connectivity index (χ1v) is 7.23. The fraction of sp³-hybridized carbons (Fsp3) is 0.462. The molecule has 0 N–H and O–H groups in total. The third kappa shape index (κ3) is 2.45. The fourth-order valence-electron chi connectivity index (χ4n) is 2.16. The minimum atomic E-state index is 0.000895. The Kier molecular flexibility index (Phi) is 4.00. The van der Waals surface area contributed by atoms with Gasteiger partial charge in [0.25, 0.3) is 0 Å². The number of para-hydroxylation sites is 1. The van der Waals surface area contributed by atoms with Gasteiger partial charge in [0.2, 0.25) is 5.91 Å². The van der Waals surface area contributed by atoms with Gasteiger partial charge in [-0.1, -0.05) is 26.0 Å². The zero-order valence-corrected chi connectivity index (χ0v) is 11.6. The second-order valence-electron chi connectivity index (χ2n) is 4.18. The summed E-state index contributed by atoms with van der Waals surface area (Å²) in [5.41, 5.74) is 2.30. The third-order valence-corrected chi connectivity index (χ3v) is 4.28. The van der Waals surface area contributed by atoms with Gasteiger partial charge >= 0.3 is 0 Å². The van der Waals surface area contributed by atoms with Crippen molar-refractivity contribution in [2.24, 2.45) is 0 Å². The number of rotatable bonds is 2. The van der Waals surface area contributed by atoms with E-state index in [0.29, 0.717) is 5.25 Å². The van der Waals surface area contributed by atoms with Gasteiger partial charge < -0.3 is 4.90 Å². The Morgan fingerprint density at radius 1 is 1.59 bits per heavy atom. The van der Waals surface area contributed by atoms with Gasteiger partial charge in [0.15, 0.2) is 0 Å².